The summed E-state index contributed by atoms with van der Waals surface area (Å²) in [5.41, 5.74) is 11.5. The highest BCUT2D eigenvalue weighted by Gasteiger charge is 2.21. The molecule has 0 aliphatic heterocycles. The summed E-state index contributed by atoms with van der Waals surface area (Å²) in [7, 11) is 1.75. The molecule has 1 aromatic rings. The Bertz CT molecular complexity index is 387. The van der Waals surface area contributed by atoms with Gasteiger partial charge in [0.05, 0.1) is 5.60 Å². The Hall–Kier alpha value is -0.860. The monoisotopic (exact) mass is 249 g/mol. The van der Waals surface area contributed by atoms with Gasteiger partial charge in [-0.05, 0) is 64.2 Å². The summed E-state index contributed by atoms with van der Waals surface area (Å²) in [5, 5.41) is 0. The zero-order valence-electron chi connectivity index (χ0n) is 12.6. The van der Waals surface area contributed by atoms with Crippen LogP contribution < -0.4 is 5.73 Å². The molecule has 1 atom stereocenters. The van der Waals surface area contributed by atoms with Gasteiger partial charge in [-0.2, -0.15) is 0 Å². The molecule has 1 aromatic carbocycles. The van der Waals surface area contributed by atoms with Crippen molar-refractivity contribution in [1.29, 1.82) is 0 Å². The van der Waals surface area contributed by atoms with E-state index in [4.69, 9.17) is 10.5 Å². The molecule has 0 aliphatic rings. The van der Waals surface area contributed by atoms with Gasteiger partial charge in [0.25, 0.3) is 0 Å². The van der Waals surface area contributed by atoms with Crippen LogP contribution in [-0.4, -0.2) is 18.8 Å². The van der Waals surface area contributed by atoms with Crippen LogP contribution in [-0.2, 0) is 11.2 Å². The van der Waals surface area contributed by atoms with Gasteiger partial charge in [0, 0.05) is 13.2 Å². The van der Waals surface area contributed by atoms with Crippen LogP contribution in [0.25, 0.3) is 0 Å². The standard InChI is InChI=1S/C16H27NO/c1-11-7-12(2)15(13(3)8-11)9-14(17)10-16(4,5)18-6/h7-8,14H,9-10,17H2,1-6H3. The van der Waals surface area contributed by atoms with Crippen LogP contribution in [0.15, 0.2) is 12.1 Å². The zero-order valence-corrected chi connectivity index (χ0v) is 12.6. The Morgan fingerprint density at radius 2 is 1.67 bits per heavy atom. The van der Waals surface area contributed by atoms with Crippen LogP contribution in [0.5, 0.6) is 0 Å². The lowest BCUT2D eigenvalue weighted by atomic mass is 9.90. The van der Waals surface area contributed by atoms with Gasteiger partial charge in [-0.1, -0.05) is 17.7 Å². The first-order valence-electron chi connectivity index (χ1n) is 6.62. The molecule has 0 aromatic heterocycles. The quantitative estimate of drug-likeness (QED) is 0.869. The number of aryl methyl sites for hydroxylation is 3. The fourth-order valence-electron chi connectivity index (χ4n) is 2.58. The molecule has 0 fully saturated rings. The maximum atomic E-state index is 6.26. The molecule has 0 spiro atoms. The summed E-state index contributed by atoms with van der Waals surface area (Å²) in [5.74, 6) is 0. The Balaban J connectivity index is 2.79. The van der Waals surface area contributed by atoms with E-state index in [1.54, 1.807) is 7.11 Å². The van der Waals surface area contributed by atoms with E-state index in [0.717, 1.165) is 12.8 Å². The molecule has 2 N–H and O–H groups in total. The Labute approximate surface area is 112 Å². The predicted octanol–water partition coefficient (Wildman–Crippen LogP) is 3.30. The van der Waals surface area contributed by atoms with Gasteiger partial charge < -0.3 is 10.5 Å². The second-order valence-electron chi connectivity index (χ2n) is 6.01. The van der Waals surface area contributed by atoms with Crippen molar-refractivity contribution in [2.45, 2.75) is 59.1 Å². The summed E-state index contributed by atoms with van der Waals surface area (Å²) >= 11 is 0. The smallest absolute Gasteiger partial charge is 0.0637 e. The second kappa shape index (κ2) is 5.85. The minimum absolute atomic E-state index is 0.139. The number of hydrogen-bond acceptors (Lipinski definition) is 2. The van der Waals surface area contributed by atoms with Gasteiger partial charge in [0.1, 0.15) is 0 Å². The van der Waals surface area contributed by atoms with Crippen molar-refractivity contribution in [3.05, 3.63) is 34.4 Å². The number of methoxy groups -OCH3 is 1. The number of benzene rings is 1. The van der Waals surface area contributed by atoms with Gasteiger partial charge in [-0.3, -0.25) is 0 Å². The molecule has 102 valence electrons. The summed E-state index contributed by atoms with van der Waals surface area (Å²) in [6.07, 6.45) is 1.79. The second-order valence-corrected chi connectivity index (χ2v) is 6.01. The van der Waals surface area contributed by atoms with Crippen molar-refractivity contribution in [2.24, 2.45) is 5.73 Å². The van der Waals surface area contributed by atoms with E-state index in [0.29, 0.717) is 0 Å². The van der Waals surface area contributed by atoms with Crippen LogP contribution in [0.1, 0.15) is 42.5 Å². The summed E-state index contributed by atoms with van der Waals surface area (Å²) < 4.78 is 5.45. The third kappa shape index (κ3) is 4.11. The molecular weight excluding hydrogens is 222 g/mol. The normalized spacial score (nSPS) is 13.7. The molecule has 0 bridgehead atoms. The van der Waals surface area contributed by atoms with E-state index in [1.807, 2.05) is 0 Å². The predicted molar refractivity (Wildman–Crippen MR) is 78.0 cm³/mol. The molecule has 0 saturated heterocycles. The lowest BCUT2D eigenvalue weighted by molar-refractivity contribution is 0.0102. The third-order valence-electron chi connectivity index (χ3n) is 3.61. The van der Waals surface area contributed by atoms with Gasteiger partial charge >= 0.3 is 0 Å². The highest BCUT2D eigenvalue weighted by Crippen LogP contribution is 2.21. The Kier molecular flexibility index (Phi) is 4.94. The molecule has 2 heteroatoms. The highest BCUT2D eigenvalue weighted by atomic mass is 16.5. The minimum atomic E-state index is -0.147. The fraction of sp³-hybridized carbons (Fsp3) is 0.625. The average molecular weight is 249 g/mol. The van der Waals surface area contributed by atoms with Crippen molar-refractivity contribution in [2.75, 3.05) is 7.11 Å². The van der Waals surface area contributed by atoms with Crippen LogP contribution in [0.2, 0.25) is 0 Å². The zero-order chi connectivity index (χ0) is 13.9. The SMILES string of the molecule is COC(C)(C)CC(N)Cc1c(C)cc(C)cc1C. The van der Waals surface area contributed by atoms with E-state index in [9.17, 15) is 0 Å². The van der Waals surface area contributed by atoms with Gasteiger partial charge in [-0.15, -0.1) is 0 Å². The van der Waals surface area contributed by atoms with E-state index in [1.165, 1.54) is 22.3 Å². The maximum absolute atomic E-state index is 6.26. The molecule has 0 amide bonds. The van der Waals surface area contributed by atoms with Crippen LogP contribution in [0, 0.1) is 20.8 Å². The summed E-state index contributed by atoms with van der Waals surface area (Å²) in [4.78, 5) is 0. The molecule has 2 nitrogen and oxygen atoms in total. The largest absolute Gasteiger partial charge is 0.379 e. The van der Waals surface area contributed by atoms with Crippen molar-refractivity contribution < 1.29 is 4.74 Å². The fourth-order valence-corrected chi connectivity index (χ4v) is 2.58. The van der Waals surface area contributed by atoms with Crippen molar-refractivity contribution in [3.63, 3.8) is 0 Å². The molecule has 0 radical (unpaired) electrons. The molecule has 1 unspecified atom stereocenters. The van der Waals surface area contributed by atoms with Crippen molar-refractivity contribution >= 4 is 0 Å². The summed E-state index contributed by atoms with van der Waals surface area (Å²) in [6.45, 7) is 10.6. The molecular formula is C16H27NO. The summed E-state index contributed by atoms with van der Waals surface area (Å²) in [6, 6.07) is 4.60. The van der Waals surface area contributed by atoms with E-state index < -0.39 is 0 Å². The lowest BCUT2D eigenvalue weighted by Crippen LogP contribution is -2.35. The first kappa shape index (κ1) is 15.2. The number of hydrogen-bond donors (Lipinski definition) is 1. The molecule has 0 heterocycles. The van der Waals surface area contributed by atoms with Crippen LogP contribution in [0.4, 0.5) is 0 Å². The molecule has 18 heavy (non-hydrogen) atoms. The number of rotatable bonds is 5. The molecule has 0 saturated carbocycles. The number of nitrogens with two attached hydrogens (primary N) is 1. The van der Waals surface area contributed by atoms with Gasteiger partial charge in [0.15, 0.2) is 0 Å². The maximum Gasteiger partial charge on any atom is 0.0637 e. The van der Waals surface area contributed by atoms with E-state index >= 15 is 0 Å². The first-order valence-corrected chi connectivity index (χ1v) is 6.62. The van der Waals surface area contributed by atoms with Crippen molar-refractivity contribution in [3.8, 4) is 0 Å². The van der Waals surface area contributed by atoms with Crippen molar-refractivity contribution in [1.82, 2.24) is 0 Å². The van der Waals surface area contributed by atoms with Crippen LogP contribution >= 0.6 is 0 Å². The molecule has 0 aliphatic carbocycles. The topological polar surface area (TPSA) is 35.2 Å². The van der Waals surface area contributed by atoms with E-state index in [2.05, 4.69) is 46.8 Å². The Morgan fingerprint density at radius 1 is 1.17 bits per heavy atom. The Morgan fingerprint density at radius 3 is 2.11 bits per heavy atom. The average Bonchev–Trinajstić information content (AvgIpc) is 2.22. The third-order valence-corrected chi connectivity index (χ3v) is 3.61. The first-order chi connectivity index (χ1) is 8.25. The number of ether oxygens (including phenoxy) is 1. The lowest BCUT2D eigenvalue weighted by Gasteiger charge is -2.27. The molecule has 1 rings (SSSR count). The van der Waals surface area contributed by atoms with Gasteiger partial charge in [-0.25, -0.2) is 0 Å². The van der Waals surface area contributed by atoms with Crippen LogP contribution in [0.3, 0.4) is 0 Å². The van der Waals surface area contributed by atoms with Gasteiger partial charge in [0.2, 0.25) is 0 Å². The minimum Gasteiger partial charge on any atom is -0.379 e. The highest BCUT2D eigenvalue weighted by molar-refractivity contribution is 5.38. The van der Waals surface area contributed by atoms with E-state index in [-0.39, 0.29) is 11.6 Å².